The molecule has 1 aliphatic heterocycles. The minimum atomic E-state index is 0.535. The molecular formula is C22H40S. The van der Waals surface area contributed by atoms with Crippen LogP contribution in [-0.4, -0.2) is 10.5 Å². The second kappa shape index (κ2) is 6.26. The van der Waals surface area contributed by atoms with Crippen molar-refractivity contribution >= 4 is 11.8 Å². The highest BCUT2D eigenvalue weighted by Gasteiger charge is 2.57. The first-order valence-electron chi connectivity index (χ1n) is 10.3. The molecule has 1 heteroatoms. The fourth-order valence-corrected chi connectivity index (χ4v) is 7.32. The van der Waals surface area contributed by atoms with Crippen molar-refractivity contribution in [3.05, 3.63) is 0 Å². The number of thioether (sulfide) groups is 1. The highest BCUT2D eigenvalue weighted by molar-refractivity contribution is 8.07. The lowest BCUT2D eigenvalue weighted by Crippen LogP contribution is -2.39. The first kappa shape index (κ1) is 18.2. The van der Waals surface area contributed by atoms with Gasteiger partial charge in [-0.25, -0.2) is 0 Å². The molecule has 3 rings (SSSR count). The Morgan fingerprint density at radius 2 is 1.74 bits per heavy atom. The minimum absolute atomic E-state index is 0.535. The minimum Gasteiger partial charge on any atom is -0.152 e. The number of hydrogen-bond donors (Lipinski definition) is 0. The Kier molecular flexibility index (Phi) is 4.94. The molecule has 0 bridgehead atoms. The van der Waals surface area contributed by atoms with Crippen molar-refractivity contribution in [1.29, 1.82) is 0 Å². The van der Waals surface area contributed by atoms with Crippen molar-refractivity contribution < 1.29 is 0 Å². The van der Waals surface area contributed by atoms with Crippen molar-refractivity contribution in [3.8, 4) is 0 Å². The van der Waals surface area contributed by atoms with Gasteiger partial charge >= 0.3 is 0 Å². The van der Waals surface area contributed by atoms with Crippen molar-refractivity contribution in [2.24, 2.45) is 40.4 Å². The molecule has 3 fully saturated rings. The normalized spacial score (nSPS) is 42.5. The Bertz CT molecular complexity index is 422. The predicted molar refractivity (Wildman–Crippen MR) is 105 cm³/mol. The van der Waals surface area contributed by atoms with Crippen LogP contribution in [0.3, 0.4) is 0 Å². The van der Waals surface area contributed by atoms with Crippen molar-refractivity contribution in [1.82, 2.24) is 0 Å². The second-order valence-electron chi connectivity index (χ2n) is 10.4. The lowest BCUT2D eigenvalue weighted by Gasteiger charge is -2.48. The molecule has 0 radical (unpaired) electrons. The molecule has 0 N–H and O–H groups in total. The van der Waals surface area contributed by atoms with Gasteiger partial charge in [0.15, 0.2) is 0 Å². The molecule has 3 aliphatic rings. The number of rotatable bonds is 6. The van der Waals surface area contributed by atoms with Gasteiger partial charge in [-0.3, -0.25) is 0 Å². The highest BCUT2D eigenvalue weighted by Crippen LogP contribution is 2.64. The molecule has 2 aliphatic carbocycles. The predicted octanol–water partition coefficient (Wildman–Crippen LogP) is 7.03. The van der Waals surface area contributed by atoms with Crippen LogP contribution < -0.4 is 0 Å². The van der Waals surface area contributed by atoms with Crippen LogP contribution in [-0.2, 0) is 0 Å². The van der Waals surface area contributed by atoms with Gasteiger partial charge in [-0.1, -0.05) is 48.5 Å². The summed E-state index contributed by atoms with van der Waals surface area (Å²) in [7, 11) is 0. The maximum Gasteiger partial charge on any atom is 0.0228 e. The van der Waals surface area contributed by atoms with Crippen LogP contribution in [0.2, 0.25) is 0 Å². The van der Waals surface area contributed by atoms with Crippen LogP contribution in [0.25, 0.3) is 0 Å². The van der Waals surface area contributed by atoms with Gasteiger partial charge in [0.2, 0.25) is 0 Å². The quantitative estimate of drug-likeness (QED) is 0.469. The third kappa shape index (κ3) is 3.38. The molecule has 0 nitrogen and oxygen atoms in total. The molecule has 1 saturated heterocycles. The Labute approximate surface area is 150 Å². The Morgan fingerprint density at radius 3 is 2.26 bits per heavy atom. The van der Waals surface area contributed by atoms with E-state index < -0.39 is 0 Å². The Morgan fingerprint density at radius 1 is 1.09 bits per heavy atom. The van der Waals surface area contributed by atoms with Crippen LogP contribution in [0.15, 0.2) is 0 Å². The van der Waals surface area contributed by atoms with Gasteiger partial charge < -0.3 is 0 Å². The van der Waals surface area contributed by atoms with Gasteiger partial charge in [-0.15, -0.1) is 0 Å². The molecule has 6 atom stereocenters. The zero-order valence-electron chi connectivity index (χ0n) is 16.7. The average molecular weight is 337 g/mol. The summed E-state index contributed by atoms with van der Waals surface area (Å²) in [5.41, 5.74) is 1.18. The molecule has 2 saturated carbocycles. The molecule has 6 unspecified atom stereocenters. The molecule has 0 aromatic heterocycles. The fraction of sp³-hybridized carbons (Fsp3) is 1.00. The highest BCUT2D eigenvalue weighted by atomic mass is 32.2. The van der Waals surface area contributed by atoms with E-state index in [-0.39, 0.29) is 0 Å². The van der Waals surface area contributed by atoms with Crippen molar-refractivity contribution in [3.63, 3.8) is 0 Å². The van der Waals surface area contributed by atoms with Gasteiger partial charge in [0.1, 0.15) is 0 Å². The fourth-order valence-electron chi connectivity index (χ4n) is 5.52. The third-order valence-electron chi connectivity index (χ3n) is 8.52. The molecule has 23 heavy (non-hydrogen) atoms. The van der Waals surface area contributed by atoms with Crippen LogP contribution in [0.1, 0.15) is 87.0 Å². The maximum atomic E-state index is 2.66. The number of hydrogen-bond acceptors (Lipinski definition) is 1. The van der Waals surface area contributed by atoms with E-state index >= 15 is 0 Å². The molecule has 134 valence electrons. The SMILES string of the molecule is CC(C)C1SC1C(C)(CCC1CCC(C)C(C)(C)C1C)C1CC1. The van der Waals surface area contributed by atoms with Crippen molar-refractivity contribution in [2.45, 2.75) is 97.5 Å². The standard InChI is InChI=1S/C22H40S/c1-14(2)19-20(23-19)22(7,18-10-11-18)13-12-17-9-8-15(3)21(5,6)16(17)4/h14-20H,8-13H2,1-7H3. The van der Waals surface area contributed by atoms with Crippen LogP contribution in [0.5, 0.6) is 0 Å². The first-order chi connectivity index (χ1) is 10.7. The van der Waals surface area contributed by atoms with E-state index in [1.807, 2.05) is 0 Å². The molecular weight excluding hydrogens is 296 g/mol. The van der Waals surface area contributed by atoms with E-state index in [1.165, 1.54) is 38.5 Å². The Balaban J connectivity index is 1.62. The largest absolute Gasteiger partial charge is 0.152 e. The van der Waals surface area contributed by atoms with Gasteiger partial charge in [-0.05, 0) is 78.9 Å². The summed E-state index contributed by atoms with van der Waals surface area (Å²) < 4.78 is 0. The van der Waals surface area contributed by atoms with Gasteiger partial charge in [-0.2, -0.15) is 11.8 Å². The summed E-state index contributed by atoms with van der Waals surface area (Å²) in [6.07, 6.45) is 8.96. The van der Waals surface area contributed by atoms with E-state index in [0.717, 1.165) is 40.1 Å². The lowest BCUT2D eigenvalue weighted by molar-refractivity contribution is 0.0221. The zero-order valence-corrected chi connectivity index (χ0v) is 17.5. The van der Waals surface area contributed by atoms with Crippen LogP contribution in [0.4, 0.5) is 0 Å². The summed E-state index contributed by atoms with van der Waals surface area (Å²) in [5, 5.41) is 1.93. The van der Waals surface area contributed by atoms with Gasteiger partial charge in [0.05, 0.1) is 0 Å². The lowest BCUT2D eigenvalue weighted by atomic mass is 9.58. The summed E-state index contributed by atoms with van der Waals surface area (Å²) in [4.78, 5) is 0. The third-order valence-corrected chi connectivity index (χ3v) is 10.5. The van der Waals surface area contributed by atoms with E-state index in [2.05, 4.69) is 60.2 Å². The monoisotopic (exact) mass is 336 g/mol. The molecule has 0 amide bonds. The van der Waals surface area contributed by atoms with Crippen molar-refractivity contribution in [2.75, 3.05) is 0 Å². The topological polar surface area (TPSA) is 0 Å². The zero-order chi connectivity index (χ0) is 17.0. The molecule has 0 spiro atoms. The summed E-state index contributed by atoms with van der Waals surface area (Å²) in [6.45, 7) is 17.6. The van der Waals surface area contributed by atoms with E-state index in [1.54, 1.807) is 0 Å². The van der Waals surface area contributed by atoms with Gasteiger partial charge in [0, 0.05) is 10.5 Å². The molecule has 1 heterocycles. The smallest absolute Gasteiger partial charge is 0.0228 e. The van der Waals surface area contributed by atoms with Gasteiger partial charge in [0.25, 0.3) is 0 Å². The summed E-state index contributed by atoms with van der Waals surface area (Å²) in [5.74, 6) is 4.68. The maximum absolute atomic E-state index is 2.66. The molecule has 0 aromatic carbocycles. The first-order valence-corrected chi connectivity index (χ1v) is 11.3. The van der Waals surface area contributed by atoms with Crippen LogP contribution >= 0.6 is 11.8 Å². The average Bonchev–Trinajstić information content (AvgIpc) is 3.36. The summed E-state index contributed by atoms with van der Waals surface area (Å²) in [6, 6.07) is 0. The Hall–Kier alpha value is 0.350. The second-order valence-corrected chi connectivity index (χ2v) is 11.8. The van der Waals surface area contributed by atoms with E-state index in [0.29, 0.717) is 10.8 Å². The van der Waals surface area contributed by atoms with E-state index in [9.17, 15) is 0 Å². The molecule has 0 aromatic rings. The van der Waals surface area contributed by atoms with E-state index in [4.69, 9.17) is 0 Å². The summed E-state index contributed by atoms with van der Waals surface area (Å²) >= 11 is 2.31. The van der Waals surface area contributed by atoms with Crippen LogP contribution in [0, 0.1) is 40.4 Å².